The first-order valence-electron chi connectivity index (χ1n) is 11.5. The third kappa shape index (κ3) is 5.36. The zero-order chi connectivity index (χ0) is 24.3. The molecule has 1 saturated carbocycles. The molecule has 0 aliphatic heterocycles. The smallest absolute Gasteiger partial charge is 0.359 e. The van der Waals surface area contributed by atoms with E-state index in [2.05, 4.69) is 25.6 Å². The van der Waals surface area contributed by atoms with E-state index in [-0.39, 0.29) is 33.6 Å². The highest BCUT2D eigenvalue weighted by Crippen LogP contribution is 2.39. The number of unbranched alkanes of at least 4 members (excludes halogenated alkanes) is 1. The van der Waals surface area contributed by atoms with Crippen molar-refractivity contribution in [1.29, 1.82) is 0 Å². The van der Waals surface area contributed by atoms with Crippen LogP contribution in [0.5, 0.6) is 0 Å². The normalized spacial score (nSPS) is 14.7. The molecule has 0 radical (unpaired) electrons. The highest BCUT2D eigenvalue weighted by atomic mass is 35.5. The Morgan fingerprint density at radius 1 is 1.21 bits per heavy atom. The van der Waals surface area contributed by atoms with Crippen LogP contribution in [0.3, 0.4) is 0 Å². The van der Waals surface area contributed by atoms with Crippen LogP contribution in [0.4, 0.5) is 13.2 Å². The molecule has 0 atom stereocenters. The number of nitrogens with one attached hydrogen (secondary N) is 3. The minimum atomic E-state index is -4.61. The summed E-state index contributed by atoms with van der Waals surface area (Å²) in [4.78, 5) is 23.3. The van der Waals surface area contributed by atoms with Crippen LogP contribution >= 0.6 is 11.6 Å². The molecule has 1 aliphatic carbocycles. The Morgan fingerprint density at radius 3 is 2.68 bits per heavy atom. The maximum absolute atomic E-state index is 13.5. The molecule has 4 rings (SSSR count). The Kier molecular flexibility index (Phi) is 7.42. The van der Waals surface area contributed by atoms with Gasteiger partial charge < -0.3 is 15.6 Å². The number of hydrogen-bond acceptors (Lipinski definition) is 4. The number of carbonyl (C=O) groups is 1. The quantitative estimate of drug-likeness (QED) is 0.354. The van der Waals surface area contributed by atoms with E-state index in [0.717, 1.165) is 25.6 Å². The molecule has 3 N–H and O–H groups in total. The fourth-order valence-corrected chi connectivity index (χ4v) is 4.71. The van der Waals surface area contributed by atoms with Crippen molar-refractivity contribution in [3.8, 4) is 11.3 Å². The van der Waals surface area contributed by atoms with Crippen LogP contribution in [0.1, 0.15) is 60.3 Å². The Hall–Kier alpha value is -2.65. The minimum Gasteiger partial charge on any atom is -0.359 e. The van der Waals surface area contributed by atoms with Gasteiger partial charge in [0.25, 0.3) is 5.91 Å². The first-order valence-corrected chi connectivity index (χ1v) is 11.9. The number of amides is 1. The van der Waals surface area contributed by atoms with Crippen LogP contribution in [-0.4, -0.2) is 40.0 Å². The lowest BCUT2D eigenvalue weighted by Gasteiger charge is -2.12. The topological polar surface area (TPSA) is 82.7 Å². The van der Waals surface area contributed by atoms with E-state index in [1.807, 2.05) is 0 Å². The van der Waals surface area contributed by atoms with E-state index in [1.54, 1.807) is 6.07 Å². The number of aryl methyl sites for hydroxylation is 1. The first-order chi connectivity index (χ1) is 16.3. The Labute approximate surface area is 200 Å². The fraction of sp³-hybridized carbons (Fsp3) is 0.458. The van der Waals surface area contributed by atoms with Gasteiger partial charge >= 0.3 is 6.18 Å². The molecule has 0 spiro atoms. The third-order valence-electron chi connectivity index (χ3n) is 6.18. The van der Waals surface area contributed by atoms with Gasteiger partial charge in [-0.15, -0.1) is 0 Å². The molecular weight excluding hydrogens is 467 g/mol. The molecule has 1 fully saturated rings. The molecule has 10 heteroatoms. The molecule has 0 bridgehead atoms. The second kappa shape index (κ2) is 10.3. The maximum Gasteiger partial charge on any atom is 0.419 e. The third-order valence-corrected chi connectivity index (χ3v) is 6.58. The van der Waals surface area contributed by atoms with E-state index in [9.17, 15) is 18.0 Å². The molecule has 2 heterocycles. The van der Waals surface area contributed by atoms with Gasteiger partial charge in [0.15, 0.2) is 0 Å². The SMILES string of the molecule is Cc1ncc(C(F)(F)F)c(-c2c[nH]c3c(Cl)c(C(=O)NCCCCNC4CCCC4)ccc23)n1. The highest BCUT2D eigenvalue weighted by Gasteiger charge is 2.36. The van der Waals surface area contributed by atoms with Crippen molar-refractivity contribution in [2.24, 2.45) is 0 Å². The zero-order valence-electron chi connectivity index (χ0n) is 18.9. The monoisotopic (exact) mass is 493 g/mol. The lowest BCUT2D eigenvalue weighted by atomic mass is 10.0. The summed E-state index contributed by atoms with van der Waals surface area (Å²) in [6.45, 7) is 2.98. The number of halogens is 4. The molecule has 0 saturated heterocycles. The summed E-state index contributed by atoms with van der Waals surface area (Å²) in [6.07, 6.45) is 4.47. The molecule has 0 unspecified atom stereocenters. The molecule has 6 nitrogen and oxygen atoms in total. The minimum absolute atomic E-state index is 0.156. The van der Waals surface area contributed by atoms with E-state index in [1.165, 1.54) is 44.9 Å². The maximum atomic E-state index is 13.5. The first kappa shape index (κ1) is 24.5. The number of benzene rings is 1. The Morgan fingerprint density at radius 2 is 1.94 bits per heavy atom. The van der Waals surface area contributed by atoms with Gasteiger partial charge in [-0.05, 0) is 45.2 Å². The zero-order valence-corrected chi connectivity index (χ0v) is 19.6. The second-order valence-corrected chi connectivity index (χ2v) is 9.01. The molecule has 2 aromatic heterocycles. The number of H-pyrrole nitrogens is 1. The van der Waals surface area contributed by atoms with Crippen LogP contribution < -0.4 is 10.6 Å². The van der Waals surface area contributed by atoms with Crippen molar-refractivity contribution in [2.75, 3.05) is 13.1 Å². The van der Waals surface area contributed by atoms with Gasteiger partial charge in [0, 0.05) is 35.9 Å². The van der Waals surface area contributed by atoms with Crippen LogP contribution in [0.15, 0.2) is 24.5 Å². The lowest BCUT2D eigenvalue weighted by molar-refractivity contribution is -0.137. The number of aromatic nitrogens is 3. The summed E-state index contributed by atoms with van der Waals surface area (Å²) in [5.41, 5.74) is -0.266. The van der Waals surface area contributed by atoms with E-state index in [4.69, 9.17) is 11.6 Å². The predicted molar refractivity (Wildman–Crippen MR) is 126 cm³/mol. The number of hydrogen-bond donors (Lipinski definition) is 3. The van der Waals surface area contributed by atoms with Crippen LogP contribution in [-0.2, 0) is 6.18 Å². The van der Waals surface area contributed by atoms with Crippen molar-refractivity contribution in [3.63, 3.8) is 0 Å². The summed E-state index contributed by atoms with van der Waals surface area (Å²) in [5.74, 6) is -0.0986. The number of aromatic amines is 1. The van der Waals surface area contributed by atoms with E-state index >= 15 is 0 Å². The summed E-state index contributed by atoms with van der Waals surface area (Å²) >= 11 is 6.48. The van der Waals surface area contributed by atoms with Gasteiger partial charge in [-0.25, -0.2) is 9.97 Å². The predicted octanol–water partition coefficient (Wildman–Crippen LogP) is 5.65. The molecule has 1 aromatic carbocycles. The molecule has 34 heavy (non-hydrogen) atoms. The summed E-state index contributed by atoms with van der Waals surface area (Å²) < 4.78 is 40.6. The fourth-order valence-electron chi connectivity index (χ4n) is 4.40. The molecule has 182 valence electrons. The summed E-state index contributed by atoms with van der Waals surface area (Å²) in [7, 11) is 0. The van der Waals surface area contributed by atoms with Crippen molar-refractivity contribution >= 4 is 28.4 Å². The van der Waals surface area contributed by atoms with Crippen molar-refractivity contribution in [3.05, 3.63) is 46.5 Å². The van der Waals surface area contributed by atoms with E-state index in [0.29, 0.717) is 23.5 Å². The van der Waals surface area contributed by atoms with Crippen molar-refractivity contribution in [2.45, 2.75) is 57.7 Å². The van der Waals surface area contributed by atoms with Crippen LogP contribution in [0.25, 0.3) is 22.2 Å². The van der Waals surface area contributed by atoms with Gasteiger partial charge in [-0.2, -0.15) is 13.2 Å². The van der Waals surface area contributed by atoms with Gasteiger partial charge in [0.2, 0.25) is 0 Å². The summed E-state index contributed by atoms with van der Waals surface area (Å²) in [6, 6.07) is 3.75. The average Bonchev–Trinajstić information content (AvgIpc) is 3.45. The van der Waals surface area contributed by atoms with E-state index < -0.39 is 11.7 Å². The molecule has 3 aromatic rings. The van der Waals surface area contributed by atoms with Crippen molar-refractivity contribution < 1.29 is 18.0 Å². The van der Waals surface area contributed by atoms with Gasteiger partial charge in [-0.1, -0.05) is 30.5 Å². The average molecular weight is 494 g/mol. The standard InChI is InChI=1S/C24H27ClF3N5O/c1-14-31-13-19(24(26,27)28)21(33-14)18-12-32-22-16(18)8-9-17(20(22)25)23(34)30-11-5-4-10-29-15-6-2-3-7-15/h8-9,12-13,15,29,32H,2-7,10-11H2,1H3,(H,30,34). The Balaban J connectivity index is 1.45. The number of carbonyl (C=O) groups excluding carboxylic acids is 1. The van der Waals surface area contributed by atoms with Crippen molar-refractivity contribution in [1.82, 2.24) is 25.6 Å². The number of nitrogens with zero attached hydrogens (tertiary/aromatic N) is 2. The van der Waals surface area contributed by atoms with Gasteiger partial charge in [-0.3, -0.25) is 4.79 Å². The summed E-state index contributed by atoms with van der Waals surface area (Å²) in [5, 5.41) is 7.02. The molecular formula is C24H27ClF3N5O. The van der Waals surface area contributed by atoms with Crippen LogP contribution in [0.2, 0.25) is 5.02 Å². The molecule has 1 aliphatic rings. The number of rotatable bonds is 8. The van der Waals surface area contributed by atoms with Crippen LogP contribution in [0, 0.1) is 6.92 Å². The van der Waals surface area contributed by atoms with Gasteiger partial charge in [0.05, 0.1) is 21.8 Å². The highest BCUT2D eigenvalue weighted by molar-refractivity contribution is 6.38. The molecule has 1 amide bonds. The number of fused-ring (bicyclic) bond motifs is 1. The second-order valence-electron chi connectivity index (χ2n) is 8.63. The largest absolute Gasteiger partial charge is 0.419 e. The number of alkyl halides is 3. The lowest BCUT2D eigenvalue weighted by Crippen LogP contribution is -2.28. The van der Waals surface area contributed by atoms with Gasteiger partial charge in [0.1, 0.15) is 11.4 Å². The Bertz CT molecular complexity index is 1170.